The molecule has 1 aliphatic rings. The minimum absolute atomic E-state index is 0.100. The molecule has 3 rings (SSSR count). The molecule has 0 amide bonds. The predicted octanol–water partition coefficient (Wildman–Crippen LogP) is 2.53. The molecule has 0 aliphatic carbocycles. The minimum atomic E-state index is -2.84. The van der Waals surface area contributed by atoms with Gasteiger partial charge in [-0.2, -0.15) is 0 Å². The number of halogens is 1. The Bertz CT molecular complexity index is 739. The van der Waals surface area contributed by atoms with Crippen molar-refractivity contribution in [2.24, 2.45) is 0 Å². The van der Waals surface area contributed by atoms with E-state index in [-0.39, 0.29) is 11.8 Å². The van der Waals surface area contributed by atoms with Crippen molar-refractivity contribution in [1.29, 1.82) is 0 Å². The highest BCUT2D eigenvalue weighted by Gasteiger charge is 2.23. The topological polar surface area (TPSA) is 62.0 Å². The Morgan fingerprint density at radius 3 is 3.05 bits per heavy atom. The second kappa shape index (κ2) is 5.99. The Balaban J connectivity index is 1.59. The first-order valence-electron chi connectivity index (χ1n) is 7.23. The van der Waals surface area contributed by atoms with Gasteiger partial charge in [-0.3, -0.25) is 0 Å². The maximum Gasteiger partial charge on any atom is 0.151 e. The number of benzene rings is 1. The molecule has 1 unspecified atom stereocenters. The van der Waals surface area contributed by atoms with Crippen LogP contribution in [0.2, 0.25) is 5.02 Å². The second-order valence-electron chi connectivity index (χ2n) is 5.66. The molecule has 1 atom stereocenters. The molecule has 2 aromatic rings. The molecule has 1 aromatic carbocycles. The third-order valence-electron chi connectivity index (χ3n) is 4.02. The van der Waals surface area contributed by atoms with Gasteiger partial charge < -0.3 is 10.3 Å². The molecule has 21 heavy (non-hydrogen) atoms. The zero-order valence-corrected chi connectivity index (χ0v) is 13.3. The van der Waals surface area contributed by atoms with E-state index < -0.39 is 9.84 Å². The monoisotopic (exact) mass is 326 g/mol. The number of rotatable bonds is 4. The van der Waals surface area contributed by atoms with Crippen LogP contribution >= 0.6 is 11.6 Å². The molecule has 1 fully saturated rings. The van der Waals surface area contributed by atoms with Crippen molar-refractivity contribution in [3.05, 3.63) is 35.0 Å². The van der Waals surface area contributed by atoms with Gasteiger partial charge in [-0.25, -0.2) is 8.42 Å². The third-order valence-corrected chi connectivity index (χ3v) is 6.08. The molecule has 1 aliphatic heterocycles. The Morgan fingerprint density at radius 1 is 1.38 bits per heavy atom. The van der Waals surface area contributed by atoms with E-state index in [1.807, 2.05) is 24.4 Å². The van der Waals surface area contributed by atoms with Crippen LogP contribution in [-0.4, -0.2) is 37.5 Å². The zero-order chi connectivity index (χ0) is 14.9. The number of aromatic amines is 1. The van der Waals surface area contributed by atoms with Gasteiger partial charge in [-0.1, -0.05) is 17.7 Å². The van der Waals surface area contributed by atoms with E-state index in [0.717, 1.165) is 36.3 Å². The number of nitrogens with one attached hydrogen (secondary N) is 2. The molecule has 0 spiro atoms. The summed E-state index contributed by atoms with van der Waals surface area (Å²) >= 11 is 5.97. The number of hydrogen-bond acceptors (Lipinski definition) is 3. The van der Waals surface area contributed by atoms with Crippen molar-refractivity contribution in [3.63, 3.8) is 0 Å². The summed E-state index contributed by atoms with van der Waals surface area (Å²) in [5, 5.41) is 5.27. The molecule has 1 saturated heterocycles. The average Bonchev–Trinajstić information content (AvgIpc) is 2.80. The van der Waals surface area contributed by atoms with Crippen LogP contribution in [0.25, 0.3) is 10.9 Å². The molecule has 0 radical (unpaired) electrons. The fourth-order valence-electron chi connectivity index (χ4n) is 2.96. The van der Waals surface area contributed by atoms with Crippen LogP contribution in [0, 0.1) is 0 Å². The molecule has 2 N–H and O–H groups in total. The van der Waals surface area contributed by atoms with Crippen LogP contribution < -0.4 is 5.32 Å². The van der Waals surface area contributed by atoms with E-state index >= 15 is 0 Å². The molecule has 1 aromatic heterocycles. The lowest BCUT2D eigenvalue weighted by atomic mass is 10.1. The van der Waals surface area contributed by atoms with Crippen molar-refractivity contribution in [3.8, 4) is 0 Å². The van der Waals surface area contributed by atoms with E-state index in [2.05, 4.69) is 10.3 Å². The highest BCUT2D eigenvalue weighted by molar-refractivity contribution is 7.91. The lowest BCUT2D eigenvalue weighted by Gasteiger charge is -2.23. The molecule has 4 nitrogen and oxygen atoms in total. The summed E-state index contributed by atoms with van der Waals surface area (Å²) in [6, 6.07) is 5.93. The van der Waals surface area contributed by atoms with Gasteiger partial charge in [0.05, 0.1) is 11.5 Å². The van der Waals surface area contributed by atoms with Gasteiger partial charge in [0.2, 0.25) is 0 Å². The van der Waals surface area contributed by atoms with Gasteiger partial charge in [0.15, 0.2) is 9.84 Å². The first-order chi connectivity index (χ1) is 10.0. The Morgan fingerprint density at radius 2 is 2.24 bits per heavy atom. The molecule has 2 heterocycles. The number of hydrogen-bond donors (Lipinski definition) is 2. The number of H-pyrrole nitrogens is 1. The highest BCUT2D eigenvalue weighted by Crippen LogP contribution is 2.22. The maximum atomic E-state index is 11.6. The van der Waals surface area contributed by atoms with Crippen molar-refractivity contribution in [1.82, 2.24) is 10.3 Å². The van der Waals surface area contributed by atoms with Gasteiger partial charge in [0.1, 0.15) is 0 Å². The van der Waals surface area contributed by atoms with Crippen LogP contribution in [0.1, 0.15) is 18.4 Å². The Hall–Kier alpha value is -1.04. The number of sulfone groups is 1. The third kappa shape index (κ3) is 3.59. The van der Waals surface area contributed by atoms with Crippen molar-refractivity contribution in [2.45, 2.75) is 25.3 Å². The van der Waals surface area contributed by atoms with Crippen LogP contribution in [0.4, 0.5) is 0 Å². The summed E-state index contributed by atoms with van der Waals surface area (Å²) < 4.78 is 23.2. The summed E-state index contributed by atoms with van der Waals surface area (Å²) in [4.78, 5) is 3.22. The normalized spacial score (nSPS) is 21.7. The highest BCUT2D eigenvalue weighted by atomic mass is 35.5. The molecule has 0 saturated carbocycles. The molecular formula is C15H19ClN2O2S. The van der Waals surface area contributed by atoms with Crippen molar-refractivity contribution in [2.75, 3.05) is 18.1 Å². The lowest BCUT2D eigenvalue weighted by Crippen LogP contribution is -2.40. The quantitative estimate of drug-likeness (QED) is 0.907. The van der Waals surface area contributed by atoms with E-state index in [0.29, 0.717) is 5.75 Å². The number of fused-ring (bicyclic) bond motifs is 1. The predicted molar refractivity (Wildman–Crippen MR) is 86.7 cm³/mol. The fourth-order valence-corrected chi connectivity index (χ4v) is 4.80. The van der Waals surface area contributed by atoms with Crippen LogP contribution in [-0.2, 0) is 16.3 Å². The van der Waals surface area contributed by atoms with Gasteiger partial charge in [-0.15, -0.1) is 0 Å². The largest absolute Gasteiger partial charge is 0.361 e. The summed E-state index contributed by atoms with van der Waals surface area (Å²) in [6.45, 7) is 0.787. The lowest BCUT2D eigenvalue weighted by molar-refractivity contribution is 0.483. The molecule has 6 heteroatoms. The summed E-state index contributed by atoms with van der Waals surface area (Å²) in [5.41, 5.74) is 2.27. The summed E-state index contributed by atoms with van der Waals surface area (Å²) in [7, 11) is -2.84. The molecular weight excluding hydrogens is 308 g/mol. The standard InChI is InChI=1S/C15H19ClN2O2S/c16-12-3-4-14-11(9-18-15(14)8-12)5-6-17-13-2-1-7-21(19,20)10-13/h3-4,8-9,13,17-18H,1-2,5-7,10H2. The summed E-state index contributed by atoms with van der Waals surface area (Å²) in [5.74, 6) is 0.616. The number of aromatic nitrogens is 1. The Labute approximate surface area is 129 Å². The Kier molecular flexibility index (Phi) is 4.24. The minimum Gasteiger partial charge on any atom is -0.361 e. The average molecular weight is 327 g/mol. The van der Waals surface area contributed by atoms with Gasteiger partial charge in [0.25, 0.3) is 0 Å². The smallest absolute Gasteiger partial charge is 0.151 e. The van der Waals surface area contributed by atoms with Gasteiger partial charge in [0, 0.05) is 28.2 Å². The summed E-state index contributed by atoms with van der Waals surface area (Å²) in [6.07, 6.45) is 4.59. The SMILES string of the molecule is O=S1(=O)CCCC(NCCc2c[nH]c3cc(Cl)ccc23)C1. The maximum absolute atomic E-state index is 11.6. The van der Waals surface area contributed by atoms with Crippen molar-refractivity contribution < 1.29 is 8.42 Å². The second-order valence-corrected chi connectivity index (χ2v) is 8.33. The van der Waals surface area contributed by atoms with Crippen molar-refractivity contribution >= 4 is 32.3 Å². The van der Waals surface area contributed by atoms with Crippen LogP contribution in [0.5, 0.6) is 0 Å². The first kappa shape index (κ1) is 14.9. The van der Waals surface area contributed by atoms with Crippen LogP contribution in [0.15, 0.2) is 24.4 Å². The van der Waals surface area contributed by atoms with E-state index in [9.17, 15) is 8.42 Å². The molecule has 0 bridgehead atoms. The fraction of sp³-hybridized carbons (Fsp3) is 0.467. The van der Waals surface area contributed by atoms with E-state index in [1.165, 1.54) is 10.9 Å². The molecule has 114 valence electrons. The van der Waals surface area contributed by atoms with Crippen LogP contribution in [0.3, 0.4) is 0 Å². The van der Waals surface area contributed by atoms with Gasteiger partial charge >= 0.3 is 0 Å². The van der Waals surface area contributed by atoms with Gasteiger partial charge in [-0.05, 0) is 43.5 Å². The first-order valence-corrected chi connectivity index (χ1v) is 9.43. The van der Waals surface area contributed by atoms with E-state index in [4.69, 9.17) is 11.6 Å². The zero-order valence-electron chi connectivity index (χ0n) is 11.7. The van der Waals surface area contributed by atoms with E-state index in [1.54, 1.807) is 0 Å².